The lowest BCUT2D eigenvalue weighted by Gasteiger charge is -2.34. The van der Waals surface area contributed by atoms with Crippen LogP contribution in [-0.2, 0) is 9.47 Å². The fraction of sp³-hybridized carbons (Fsp3) is 1.00. The van der Waals surface area contributed by atoms with Crippen molar-refractivity contribution in [1.82, 2.24) is 0 Å². The van der Waals surface area contributed by atoms with Crippen LogP contribution in [0.3, 0.4) is 0 Å². The summed E-state index contributed by atoms with van der Waals surface area (Å²) in [5.74, 6) is -1.66. The number of hydrogen-bond acceptors (Lipinski definition) is 6. The molecule has 0 radical (unpaired) electrons. The number of unbranched alkanes of at least 4 members (excludes halogenated alkanes) is 19. The predicted octanol–water partition coefficient (Wildman–Crippen LogP) is 7.19. The number of aliphatic hydroxyl groups is 4. The van der Waals surface area contributed by atoms with Gasteiger partial charge in [0, 0.05) is 0 Å². The van der Waals surface area contributed by atoms with E-state index in [0.29, 0.717) is 0 Å². The Morgan fingerprint density at radius 1 is 0.605 bits per heavy atom. The molecule has 1 heterocycles. The zero-order valence-electron chi connectivity index (χ0n) is 25.1. The summed E-state index contributed by atoms with van der Waals surface area (Å²) in [7, 11) is 0. The largest absolute Gasteiger partial charge is 0.394 e. The van der Waals surface area contributed by atoms with E-state index in [9.17, 15) is 20.4 Å². The molecule has 0 amide bonds. The summed E-state index contributed by atoms with van der Waals surface area (Å²) in [4.78, 5) is 0. The molecule has 1 saturated heterocycles. The Morgan fingerprint density at radius 2 is 0.974 bits per heavy atom. The van der Waals surface area contributed by atoms with Crippen LogP contribution in [0.2, 0.25) is 0 Å². The van der Waals surface area contributed by atoms with E-state index in [1.807, 2.05) is 0 Å². The Bertz CT molecular complexity index is 518. The van der Waals surface area contributed by atoms with Gasteiger partial charge in [-0.05, 0) is 12.8 Å². The third-order valence-corrected chi connectivity index (χ3v) is 8.28. The molecule has 1 rings (SSSR count). The molecule has 0 aromatic heterocycles. The van der Waals surface area contributed by atoms with Crippen LogP contribution < -0.4 is 0 Å². The minimum atomic E-state index is -1.66. The minimum absolute atomic E-state index is 0.144. The molecule has 1 aliphatic rings. The van der Waals surface area contributed by atoms with Crippen molar-refractivity contribution in [2.45, 2.75) is 192 Å². The molecule has 6 heteroatoms. The van der Waals surface area contributed by atoms with Gasteiger partial charge in [-0.25, -0.2) is 0 Å². The smallest absolute Gasteiger partial charge is 0.221 e. The second-order valence-corrected chi connectivity index (χ2v) is 11.8. The summed E-state index contributed by atoms with van der Waals surface area (Å²) in [6.45, 7) is 3.54. The third kappa shape index (κ3) is 14.9. The molecule has 1 fully saturated rings. The van der Waals surface area contributed by atoms with Crippen LogP contribution in [0.1, 0.15) is 162 Å². The van der Waals surface area contributed by atoms with Crippen LogP contribution in [0.5, 0.6) is 0 Å². The van der Waals surface area contributed by atoms with Gasteiger partial charge in [0.25, 0.3) is 0 Å². The summed E-state index contributed by atoms with van der Waals surface area (Å²) in [5, 5.41) is 40.4. The van der Waals surface area contributed by atoms with Gasteiger partial charge in [-0.1, -0.05) is 149 Å². The highest BCUT2D eigenvalue weighted by Gasteiger charge is 2.55. The number of aliphatic hydroxyl groups excluding tert-OH is 4. The maximum atomic E-state index is 10.6. The zero-order chi connectivity index (χ0) is 27.9. The topological polar surface area (TPSA) is 99.4 Å². The van der Waals surface area contributed by atoms with Crippen molar-refractivity contribution in [3.8, 4) is 0 Å². The van der Waals surface area contributed by atoms with Crippen molar-refractivity contribution < 1.29 is 29.9 Å². The van der Waals surface area contributed by atoms with Crippen LogP contribution in [-0.4, -0.2) is 63.8 Å². The summed E-state index contributed by atoms with van der Waals surface area (Å²) in [6, 6.07) is 0. The standard InChI is InChI=1S/C32H64O6/c1-3-5-7-9-11-13-15-17-19-21-23-25-28(24-22-20-18-16-14-12-10-8-6-4-2)37-32(27-34)31(36)30(35)29(26-33)38-32/h28-31,33-36H,3-27H2,1-2H3/t28?,29-,30-,31+,32?/m1/s1. The molecular formula is C32H64O6. The first-order valence-electron chi connectivity index (χ1n) is 16.5. The van der Waals surface area contributed by atoms with Gasteiger partial charge in [0.05, 0.1) is 12.7 Å². The highest BCUT2D eigenvalue weighted by molar-refractivity contribution is 4.97. The van der Waals surface area contributed by atoms with Crippen LogP contribution in [0.4, 0.5) is 0 Å². The third-order valence-electron chi connectivity index (χ3n) is 8.28. The first-order chi connectivity index (χ1) is 18.5. The van der Waals surface area contributed by atoms with Crippen LogP contribution >= 0.6 is 0 Å². The van der Waals surface area contributed by atoms with E-state index in [1.165, 1.54) is 109 Å². The minimum Gasteiger partial charge on any atom is -0.394 e. The molecule has 2 unspecified atom stereocenters. The van der Waals surface area contributed by atoms with Gasteiger partial charge in [-0.3, -0.25) is 0 Å². The fourth-order valence-electron chi connectivity index (χ4n) is 5.71. The molecule has 38 heavy (non-hydrogen) atoms. The van der Waals surface area contributed by atoms with Gasteiger partial charge >= 0.3 is 0 Å². The van der Waals surface area contributed by atoms with Gasteiger partial charge < -0.3 is 29.9 Å². The van der Waals surface area contributed by atoms with Crippen molar-refractivity contribution in [1.29, 1.82) is 0 Å². The molecule has 6 nitrogen and oxygen atoms in total. The second-order valence-electron chi connectivity index (χ2n) is 11.8. The monoisotopic (exact) mass is 544 g/mol. The molecule has 0 spiro atoms. The average molecular weight is 545 g/mol. The van der Waals surface area contributed by atoms with E-state index in [2.05, 4.69) is 13.8 Å². The van der Waals surface area contributed by atoms with Crippen molar-refractivity contribution in [2.75, 3.05) is 13.2 Å². The number of hydrogen-bond donors (Lipinski definition) is 4. The highest BCUT2D eigenvalue weighted by atomic mass is 16.7. The first-order valence-corrected chi connectivity index (χ1v) is 16.5. The Balaban J connectivity index is 2.39. The van der Waals surface area contributed by atoms with Crippen molar-refractivity contribution >= 4 is 0 Å². The summed E-state index contributed by atoms with van der Waals surface area (Å²) < 4.78 is 11.9. The zero-order valence-corrected chi connectivity index (χ0v) is 25.1. The van der Waals surface area contributed by atoms with Gasteiger partial charge in [0.15, 0.2) is 0 Å². The van der Waals surface area contributed by atoms with Gasteiger partial charge in [0.1, 0.15) is 24.9 Å². The fourth-order valence-corrected chi connectivity index (χ4v) is 5.71. The van der Waals surface area contributed by atoms with Gasteiger partial charge in [-0.15, -0.1) is 0 Å². The molecule has 0 saturated carbocycles. The molecular weight excluding hydrogens is 480 g/mol. The van der Waals surface area contributed by atoms with Crippen molar-refractivity contribution in [2.24, 2.45) is 0 Å². The van der Waals surface area contributed by atoms with E-state index in [1.54, 1.807) is 0 Å². The van der Waals surface area contributed by atoms with Crippen LogP contribution in [0.15, 0.2) is 0 Å². The maximum Gasteiger partial charge on any atom is 0.221 e. The highest BCUT2D eigenvalue weighted by Crippen LogP contribution is 2.35. The van der Waals surface area contributed by atoms with E-state index < -0.39 is 37.3 Å². The Kier molecular flexibility index (Phi) is 22.1. The number of ether oxygens (including phenoxy) is 2. The van der Waals surface area contributed by atoms with Gasteiger partial charge in [0.2, 0.25) is 5.79 Å². The van der Waals surface area contributed by atoms with E-state index in [-0.39, 0.29) is 6.10 Å². The SMILES string of the molecule is CCCCCCCCCCCCCC(CCCCCCCCCCCC)OC1(CO)O[C@H](CO)[C@@H](O)[C@@H]1O. The molecule has 1 aliphatic heterocycles. The second kappa shape index (κ2) is 23.5. The lowest BCUT2D eigenvalue weighted by Crippen LogP contribution is -2.50. The van der Waals surface area contributed by atoms with Crippen LogP contribution in [0, 0.1) is 0 Å². The lowest BCUT2D eigenvalue weighted by atomic mass is 10.00. The maximum absolute atomic E-state index is 10.6. The van der Waals surface area contributed by atoms with Gasteiger partial charge in [-0.2, -0.15) is 0 Å². The molecule has 0 aromatic rings. The van der Waals surface area contributed by atoms with E-state index in [4.69, 9.17) is 9.47 Å². The molecule has 228 valence electrons. The quantitative estimate of drug-likeness (QED) is 0.0817. The van der Waals surface area contributed by atoms with Crippen molar-refractivity contribution in [3.05, 3.63) is 0 Å². The summed E-state index contributed by atoms with van der Waals surface area (Å²) in [5.41, 5.74) is 0. The van der Waals surface area contributed by atoms with E-state index >= 15 is 0 Å². The normalized spacial score (nSPS) is 24.3. The molecule has 0 aromatic carbocycles. The summed E-state index contributed by atoms with van der Waals surface area (Å²) >= 11 is 0. The first kappa shape index (κ1) is 35.8. The molecule has 0 aliphatic carbocycles. The van der Waals surface area contributed by atoms with Crippen LogP contribution in [0.25, 0.3) is 0 Å². The molecule has 5 atom stereocenters. The molecule has 0 bridgehead atoms. The Morgan fingerprint density at radius 3 is 1.29 bits per heavy atom. The lowest BCUT2D eigenvalue weighted by molar-refractivity contribution is -0.295. The number of rotatable bonds is 27. The van der Waals surface area contributed by atoms with E-state index in [0.717, 1.165) is 38.5 Å². The average Bonchev–Trinajstić information content (AvgIpc) is 3.17. The summed E-state index contributed by atoms with van der Waals surface area (Å²) in [6.07, 6.45) is 24.9. The Hall–Kier alpha value is -0.240. The Labute approximate surface area is 234 Å². The predicted molar refractivity (Wildman–Crippen MR) is 156 cm³/mol. The molecule has 4 N–H and O–H groups in total. The van der Waals surface area contributed by atoms with Crippen molar-refractivity contribution in [3.63, 3.8) is 0 Å².